The predicted molar refractivity (Wildman–Crippen MR) is 81.1 cm³/mol. The van der Waals surface area contributed by atoms with Gasteiger partial charge in [0.2, 0.25) is 5.88 Å². The molecule has 1 aromatic carbocycles. The molecule has 0 saturated carbocycles. The van der Waals surface area contributed by atoms with Crippen LogP contribution in [0.25, 0.3) is 0 Å². The van der Waals surface area contributed by atoms with Gasteiger partial charge in [-0.3, -0.25) is 0 Å². The number of methoxy groups -OCH3 is 1. The Morgan fingerprint density at radius 1 is 1.30 bits per heavy atom. The molecule has 6 heteroatoms. The van der Waals surface area contributed by atoms with E-state index in [1.807, 2.05) is 6.92 Å². The molecule has 2 rings (SSSR count). The summed E-state index contributed by atoms with van der Waals surface area (Å²) in [4.78, 5) is 4.30. The molecular weight excluding hydrogens is 278 g/mol. The zero-order valence-electron chi connectivity index (χ0n) is 11.3. The lowest BCUT2D eigenvalue weighted by molar-refractivity contribution is 0.329. The molecular formula is C14H16ClN3O2. The highest BCUT2D eigenvalue weighted by Crippen LogP contribution is 2.30. The Labute approximate surface area is 122 Å². The molecule has 0 amide bonds. The van der Waals surface area contributed by atoms with E-state index in [0.717, 1.165) is 0 Å². The molecule has 0 radical (unpaired) electrons. The summed E-state index contributed by atoms with van der Waals surface area (Å²) in [5.74, 6) is 1.70. The highest BCUT2D eigenvalue weighted by Gasteiger charge is 2.07. The van der Waals surface area contributed by atoms with E-state index in [2.05, 4.69) is 10.3 Å². The Morgan fingerprint density at radius 2 is 2.10 bits per heavy atom. The summed E-state index contributed by atoms with van der Waals surface area (Å²) < 4.78 is 10.5. The van der Waals surface area contributed by atoms with Gasteiger partial charge < -0.3 is 20.5 Å². The molecule has 106 valence electrons. The van der Waals surface area contributed by atoms with Crippen molar-refractivity contribution in [2.45, 2.75) is 6.92 Å². The molecule has 0 unspecified atom stereocenters. The predicted octanol–water partition coefficient (Wildman–Crippen LogP) is 3.47. The minimum atomic E-state index is 0.400. The van der Waals surface area contributed by atoms with Gasteiger partial charge in [0, 0.05) is 6.07 Å². The summed E-state index contributed by atoms with van der Waals surface area (Å²) in [5, 5.41) is 3.69. The van der Waals surface area contributed by atoms with E-state index in [1.54, 1.807) is 37.4 Å². The molecule has 0 atom stereocenters. The molecule has 0 aliphatic carbocycles. The van der Waals surface area contributed by atoms with Crippen molar-refractivity contribution >= 4 is 28.8 Å². The van der Waals surface area contributed by atoms with Crippen LogP contribution in [0.15, 0.2) is 30.3 Å². The summed E-state index contributed by atoms with van der Waals surface area (Å²) in [7, 11) is 1.60. The van der Waals surface area contributed by atoms with Crippen LogP contribution in [0, 0.1) is 0 Å². The molecule has 2 aromatic rings. The van der Waals surface area contributed by atoms with Crippen LogP contribution in [0.3, 0.4) is 0 Å². The van der Waals surface area contributed by atoms with E-state index >= 15 is 0 Å². The second-order valence-electron chi connectivity index (χ2n) is 3.99. The average Bonchev–Trinajstić information content (AvgIpc) is 2.45. The van der Waals surface area contributed by atoms with Crippen molar-refractivity contribution in [1.82, 2.24) is 4.98 Å². The van der Waals surface area contributed by atoms with Gasteiger partial charge in [0.25, 0.3) is 0 Å². The van der Waals surface area contributed by atoms with Gasteiger partial charge in [0.15, 0.2) is 0 Å². The third kappa shape index (κ3) is 3.24. The Balaban J connectivity index is 2.27. The fourth-order valence-electron chi connectivity index (χ4n) is 1.64. The van der Waals surface area contributed by atoms with E-state index in [1.165, 1.54) is 0 Å². The highest BCUT2D eigenvalue weighted by atomic mass is 35.5. The average molecular weight is 294 g/mol. The molecule has 20 heavy (non-hydrogen) atoms. The van der Waals surface area contributed by atoms with E-state index in [-0.39, 0.29) is 0 Å². The highest BCUT2D eigenvalue weighted by molar-refractivity contribution is 6.33. The number of aromatic nitrogens is 1. The van der Waals surface area contributed by atoms with E-state index < -0.39 is 0 Å². The Bertz CT molecular complexity index is 605. The van der Waals surface area contributed by atoms with Crippen LogP contribution >= 0.6 is 11.6 Å². The van der Waals surface area contributed by atoms with Gasteiger partial charge in [-0.25, -0.2) is 0 Å². The third-order valence-corrected chi connectivity index (χ3v) is 2.94. The van der Waals surface area contributed by atoms with Gasteiger partial charge in [0.05, 0.1) is 30.1 Å². The lowest BCUT2D eigenvalue weighted by atomic mass is 10.3. The second-order valence-corrected chi connectivity index (χ2v) is 4.40. The fourth-order valence-corrected chi connectivity index (χ4v) is 1.80. The first kappa shape index (κ1) is 14.3. The van der Waals surface area contributed by atoms with Gasteiger partial charge in [-0.05, 0) is 31.2 Å². The van der Waals surface area contributed by atoms with Crippen molar-refractivity contribution in [3.05, 3.63) is 35.4 Å². The van der Waals surface area contributed by atoms with Crippen LogP contribution in [-0.4, -0.2) is 18.7 Å². The smallest absolute Gasteiger partial charge is 0.239 e. The third-order valence-electron chi connectivity index (χ3n) is 2.61. The topological polar surface area (TPSA) is 69.4 Å². The van der Waals surface area contributed by atoms with Crippen molar-refractivity contribution in [2.75, 3.05) is 24.8 Å². The van der Waals surface area contributed by atoms with Crippen molar-refractivity contribution in [2.24, 2.45) is 0 Å². The van der Waals surface area contributed by atoms with Crippen molar-refractivity contribution in [3.63, 3.8) is 0 Å². The first-order chi connectivity index (χ1) is 9.63. The van der Waals surface area contributed by atoms with Gasteiger partial charge in [-0.15, -0.1) is 0 Å². The zero-order chi connectivity index (χ0) is 14.5. The molecule has 0 bridgehead atoms. The quantitative estimate of drug-likeness (QED) is 0.883. The number of nitrogens with two attached hydrogens (primary N) is 1. The Morgan fingerprint density at radius 3 is 2.80 bits per heavy atom. The Hall–Kier alpha value is -2.14. The number of nitrogen functional groups attached to an aromatic ring is 1. The number of hydrogen-bond donors (Lipinski definition) is 2. The summed E-state index contributed by atoms with van der Waals surface area (Å²) in [5.41, 5.74) is 6.98. The minimum Gasteiger partial charge on any atom is -0.497 e. The second kappa shape index (κ2) is 6.34. The Kier molecular flexibility index (Phi) is 4.53. The van der Waals surface area contributed by atoms with E-state index in [9.17, 15) is 0 Å². The number of rotatable bonds is 5. The maximum Gasteiger partial charge on any atom is 0.239 e. The van der Waals surface area contributed by atoms with Gasteiger partial charge in [-0.2, -0.15) is 4.98 Å². The molecule has 0 aliphatic heterocycles. The zero-order valence-corrected chi connectivity index (χ0v) is 12.1. The molecule has 1 heterocycles. The van der Waals surface area contributed by atoms with Crippen LogP contribution in [-0.2, 0) is 0 Å². The van der Waals surface area contributed by atoms with Crippen LogP contribution in [0.2, 0.25) is 5.02 Å². The summed E-state index contributed by atoms with van der Waals surface area (Å²) in [6.45, 7) is 2.38. The van der Waals surface area contributed by atoms with Crippen LogP contribution in [0.1, 0.15) is 6.92 Å². The van der Waals surface area contributed by atoms with E-state index in [4.69, 9.17) is 26.8 Å². The maximum absolute atomic E-state index is 6.13. The van der Waals surface area contributed by atoms with Gasteiger partial charge in [0.1, 0.15) is 11.6 Å². The minimum absolute atomic E-state index is 0.400. The van der Waals surface area contributed by atoms with Crippen molar-refractivity contribution in [1.29, 1.82) is 0 Å². The lowest BCUT2D eigenvalue weighted by Crippen LogP contribution is -2.02. The number of ether oxygens (including phenoxy) is 2. The first-order valence-corrected chi connectivity index (χ1v) is 6.51. The van der Waals surface area contributed by atoms with Crippen LogP contribution in [0.4, 0.5) is 17.2 Å². The summed E-state index contributed by atoms with van der Waals surface area (Å²) in [6, 6.07) is 8.82. The fraction of sp³-hybridized carbons (Fsp3) is 0.214. The number of nitrogens with zero attached hydrogens (tertiary/aromatic N) is 1. The molecule has 3 N–H and O–H groups in total. The maximum atomic E-state index is 6.13. The number of hydrogen-bond acceptors (Lipinski definition) is 5. The number of pyridine rings is 1. The molecule has 0 aliphatic rings. The van der Waals surface area contributed by atoms with E-state index in [0.29, 0.717) is 40.5 Å². The SMILES string of the molecule is CCOc1nc(Nc2cc(OC)ccc2Cl)ccc1N. The molecule has 5 nitrogen and oxygen atoms in total. The molecule has 0 fully saturated rings. The summed E-state index contributed by atoms with van der Waals surface area (Å²) >= 11 is 6.13. The monoisotopic (exact) mass is 293 g/mol. The molecule has 1 aromatic heterocycles. The molecule has 0 saturated heterocycles. The van der Waals surface area contributed by atoms with Gasteiger partial charge >= 0.3 is 0 Å². The van der Waals surface area contributed by atoms with Crippen LogP contribution in [0.5, 0.6) is 11.6 Å². The van der Waals surface area contributed by atoms with Gasteiger partial charge in [-0.1, -0.05) is 11.6 Å². The summed E-state index contributed by atoms with van der Waals surface area (Å²) in [6.07, 6.45) is 0. The number of halogens is 1. The standard InChI is InChI=1S/C14H16ClN3O2/c1-3-20-14-11(16)6-7-13(18-14)17-12-8-9(19-2)4-5-10(12)15/h4-8H,3,16H2,1-2H3,(H,17,18). The largest absolute Gasteiger partial charge is 0.497 e. The number of nitrogens with one attached hydrogen (secondary N) is 1. The first-order valence-electron chi connectivity index (χ1n) is 6.14. The normalized spacial score (nSPS) is 10.2. The van der Waals surface area contributed by atoms with Crippen molar-refractivity contribution in [3.8, 4) is 11.6 Å². The number of benzene rings is 1. The molecule has 0 spiro atoms. The number of anilines is 3. The lowest BCUT2D eigenvalue weighted by Gasteiger charge is -2.11. The van der Waals surface area contributed by atoms with Crippen LogP contribution < -0.4 is 20.5 Å². The van der Waals surface area contributed by atoms with Crippen molar-refractivity contribution < 1.29 is 9.47 Å².